The predicted molar refractivity (Wildman–Crippen MR) is 76.4 cm³/mol. The molecule has 0 spiro atoms. The first kappa shape index (κ1) is 15.0. The average molecular weight is 240 g/mol. The molecular formula is C15H32N2. The minimum Gasteiger partial charge on any atom is -0.314 e. The average Bonchev–Trinajstić information content (AvgIpc) is 2.72. The van der Waals surface area contributed by atoms with Gasteiger partial charge in [0.05, 0.1) is 0 Å². The van der Waals surface area contributed by atoms with Gasteiger partial charge in [-0.15, -0.1) is 0 Å². The molecule has 1 aliphatic carbocycles. The topological polar surface area (TPSA) is 15.3 Å². The molecule has 1 saturated carbocycles. The molecule has 1 fully saturated rings. The summed E-state index contributed by atoms with van der Waals surface area (Å²) in [6, 6.07) is 0.788. The van der Waals surface area contributed by atoms with Crippen molar-refractivity contribution >= 4 is 0 Å². The molecule has 0 radical (unpaired) electrons. The second-order valence-corrected chi connectivity index (χ2v) is 6.00. The Morgan fingerprint density at radius 2 is 2.00 bits per heavy atom. The Bertz CT molecular complexity index is 191. The van der Waals surface area contributed by atoms with Crippen molar-refractivity contribution in [1.29, 1.82) is 0 Å². The summed E-state index contributed by atoms with van der Waals surface area (Å²) in [5, 5.41) is 3.74. The first-order chi connectivity index (χ1) is 8.17. The molecule has 102 valence electrons. The zero-order valence-electron chi connectivity index (χ0n) is 12.3. The quantitative estimate of drug-likeness (QED) is 0.701. The SMILES string of the molecule is CCCNC1CCCC1CN(CC)CC(C)C. The van der Waals surface area contributed by atoms with Gasteiger partial charge in [0.2, 0.25) is 0 Å². The molecule has 0 saturated heterocycles. The Hall–Kier alpha value is -0.0800. The lowest BCUT2D eigenvalue weighted by Gasteiger charge is -2.29. The smallest absolute Gasteiger partial charge is 0.0107 e. The van der Waals surface area contributed by atoms with Gasteiger partial charge < -0.3 is 10.2 Å². The summed E-state index contributed by atoms with van der Waals surface area (Å²) < 4.78 is 0. The molecule has 0 heterocycles. The molecule has 2 unspecified atom stereocenters. The van der Waals surface area contributed by atoms with Crippen molar-refractivity contribution in [2.45, 2.75) is 59.4 Å². The van der Waals surface area contributed by atoms with Crippen LogP contribution in [0.3, 0.4) is 0 Å². The third-order valence-electron chi connectivity index (χ3n) is 3.88. The molecule has 1 N–H and O–H groups in total. The fourth-order valence-electron chi connectivity index (χ4n) is 3.03. The van der Waals surface area contributed by atoms with Crippen LogP contribution in [0.4, 0.5) is 0 Å². The minimum absolute atomic E-state index is 0.788. The lowest BCUT2D eigenvalue weighted by Crippen LogP contribution is -2.40. The Labute approximate surface area is 108 Å². The molecule has 1 aliphatic rings. The van der Waals surface area contributed by atoms with E-state index in [0.717, 1.165) is 17.9 Å². The van der Waals surface area contributed by atoms with Gasteiger partial charge in [-0.3, -0.25) is 0 Å². The molecule has 0 aliphatic heterocycles. The van der Waals surface area contributed by atoms with E-state index in [4.69, 9.17) is 0 Å². The Morgan fingerprint density at radius 3 is 2.59 bits per heavy atom. The van der Waals surface area contributed by atoms with Crippen molar-refractivity contribution < 1.29 is 0 Å². The third kappa shape index (κ3) is 5.39. The van der Waals surface area contributed by atoms with Gasteiger partial charge in [-0.25, -0.2) is 0 Å². The Morgan fingerprint density at radius 1 is 1.24 bits per heavy atom. The van der Waals surface area contributed by atoms with Crippen LogP contribution in [-0.2, 0) is 0 Å². The maximum Gasteiger partial charge on any atom is 0.0107 e. The van der Waals surface area contributed by atoms with Gasteiger partial charge in [0, 0.05) is 19.1 Å². The molecule has 17 heavy (non-hydrogen) atoms. The second kappa shape index (κ2) is 8.10. The van der Waals surface area contributed by atoms with Crippen LogP contribution in [0.5, 0.6) is 0 Å². The van der Waals surface area contributed by atoms with E-state index in [1.165, 1.54) is 51.9 Å². The van der Waals surface area contributed by atoms with Gasteiger partial charge in [0.25, 0.3) is 0 Å². The van der Waals surface area contributed by atoms with E-state index in [1.807, 2.05) is 0 Å². The second-order valence-electron chi connectivity index (χ2n) is 6.00. The number of rotatable bonds is 8. The molecule has 0 aromatic heterocycles. The molecule has 1 rings (SSSR count). The normalized spacial score (nSPS) is 25.1. The fourth-order valence-corrected chi connectivity index (χ4v) is 3.03. The first-order valence-electron chi connectivity index (χ1n) is 7.63. The standard InChI is InChI=1S/C15H32N2/c1-5-10-16-15-9-7-8-14(15)12-17(6-2)11-13(3)4/h13-16H,5-12H2,1-4H3. The highest BCUT2D eigenvalue weighted by Gasteiger charge is 2.27. The van der Waals surface area contributed by atoms with E-state index in [1.54, 1.807) is 0 Å². The van der Waals surface area contributed by atoms with Crippen LogP contribution in [0.2, 0.25) is 0 Å². The highest BCUT2D eigenvalue weighted by Crippen LogP contribution is 2.26. The van der Waals surface area contributed by atoms with Crippen LogP contribution < -0.4 is 5.32 Å². The van der Waals surface area contributed by atoms with E-state index >= 15 is 0 Å². The predicted octanol–water partition coefficient (Wildman–Crippen LogP) is 3.13. The van der Waals surface area contributed by atoms with E-state index in [0.29, 0.717) is 0 Å². The molecule has 0 aromatic rings. The van der Waals surface area contributed by atoms with Crippen LogP contribution in [0, 0.1) is 11.8 Å². The van der Waals surface area contributed by atoms with Crippen molar-refractivity contribution in [1.82, 2.24) is 10.2 Å². The highest BCUT2D eigenvalue weighted by atomic mass is 15.1. The summed E-state index contributed by atoms with van der Waals surface area (Å²) in [6.07, 6.45) is 5.50. The van der Waals surface area contributed by atoms with Crippen LogP contribution in [0.25, 0.3) is 0 Å². The summed E-state index contributed by atoms with van der Waals surface area (Å²) in [5.41, 5.74) is 0. The van der Waals surface area contributed by atoms with Crippen LogP contribution in [-0.4, -0.2) is 37.1 Å². The Balaban J connectivity index is 2.36. The molecule has 0 bridgehead atoms. The molecule has 2 atom stereocenters. The summed E-state index contributed by atoms with van der Waals surface area (Å²) >= 11 is 0. The molecule has 2 heteroatoms. The first-order valence-corrected chi connectivity index (χ1v) is 7.63. The Kier molecular flexibility index (Phi) is 7.14. The van der Waals surface area contributed by atoms with Crippen molar-refractivity contribution in [3.63, 3.8) is 0 Å². The number of nitrogens with one attached hydrogen (secondary N) is 1. The van der Waals surface area contributed by atoms with Crippen molar-refractivity contribution in [3.05, 3.63) is 0 Å². The van der Waals surface area contributed by atoms with Gasteiger partial charge >= 0.3 is 0 Å². The van der Waals surface area contributed by atoms with Gasteiger partial charge in [0.1, 0.15) is 0 Å². The largest absolute Gasteiger partial charge is 0.314 e. The number of hydrogen-bond acceptors (Lipinski definition) is 2. The molecule has 0 amide bonds. The molecular weight excluding hydrogens is 208 g/mol. The van der Waals surface area contributed by atoms with Crippen molar-refractivity contribution in [2.24, 2.45) is 11.8 Å². The van der Waals surface area contributed by atoms with E-state index < -0.39 is 0 Å². The maximum atomic E-state index is 3.74. The number of nitrogens with zero attached hydrogens (tertiary/aromatic N) is 1. The van der Waals surface area contributed by atoms with Crippen LogP contribution in [0.1, 0.15) is 53.4 Å². The van der Waals surface area contributed by atoms with E-state index in [9.17, 15) is 0 Å². The maximum absolute atomic E-state index is 3.74. The van der Waals surface area contributed by atoms with Gasteiger partial charge in [-0.05, 0) is 44.2 Å². The van der Waals surface area contributed by atoms with Gasteiger partial charge in [0.15, 0.2) is 0 Å². The molecule has 2 nitrogen and oxygen atoms in total. The van der Waals surface area contributed by atoms with Crippen molar-refractivity contribution in [3.8, 4) is 0 Å². The summed E-state index contributed by atoms with van der Waals surface area (Å²) in [7, 11) is 0. The zero-order chi connectivity index (χ0) is 12.7. The third-order valence-corrected chi connectivity index (χ3v) is 3.88. The van der Waals surface area contributed by atoms with Gasteiger partial charge in [-0.2, -0.15) is 0 Å². The van der Waals surface area contributed by atoms with Crippen LogP contribution >= 0.6 is 0 Å². The highest BCUT2D eigenvalue weighted by molar-refractivity contribution is 4.85. The monoisotopic (exact) mass is 240 g/mol. The van der Waals surface area contributed by atoms with Crippen molar-refractivity contribution in [2.75, 3.05) is 26.2 Å². The van der Waals surface area contributed by atoms with E-state index in [-0.39, 0.29) is 0 Å². The van der Waals surface area contributed by atoms with Crippen LogP contribution in [0.15, 0.2) is 0 Å². The summed E-state index contributed by atoms with van der Waals surface area (Å²) in [6.45, 7) is 14.2. The van der Waals surface area contributed by atoms with Gasteiger partial charge in [-0.1, -0.05) is 34.1 Å². The molecule has 0 aromatic carbocycles. The zero-order valence-corrected chi connectivity index (χ0v) is 12.3. The fraction of sp³-hybridized carbons (Fsp3) is 1.00. The lowest BCUT2D eigenvalue weighted by atomic mass is 10.0. The number of hydrogen-bond donors (Lipinski definition) is 1. The van der Waals surface area contributed by atoms with E-state index in [2.05, 4.69) is 37.9 Å². The lowest BCUT2D eigenvalue weighted by molar-refractivity contribution is 0.202. The minimum atomic E-state index is 0.788. The summed E-state index contributed by atoms with van der Waals surface area (Å²) in [5.74, 6) is 1.68. The summed E-state index contributed by atoms with van der Waals surface area (Å²) in [4.78, 5) is 2.64.